The van der Waals surface area contributed by atoms with Crippen LogP contribution in [0.3, 0.4) is 0 Å². The summed E-state index contributed by atoms with van der Waals surface area (Å²) in [5.74, 6) is -0.299. The van der Waals surface area contributed by atoms with Gasteiger partial charge in [-0.15, -0.1) is 0 Å². The minimum absolute atomic E-state index is 0.147. The normalized spacial score (nSPS) is 15.6. The summed E-state index contributed by atoms with van der Waals surface area (Å²) < 4.78 is 29.8. The maximum absolute atomic E-state index is 13.2. The molecule has 0 saturated carbocycles. The highest BCUT2D eigenvalue weighted by Gasteiger charge is 2.29. The van der Waals surface area contributed by atoms with E-state index in [1.54, 1.807) is 17.0 Å². The van der Waals surface area contributed by atoms with Gasteiger partial charge in [0.15, 0.2) is 15.6 Å². The van der Waals surface area contributed by atoms with Crippen molar-refractivity contribution in [1.29, 1.82) is 0 Å². The van der Waals surface area contributed by atoms with Gasteiger partial charge in [0.25, 0.3) is 5.91 Å². The average molecular weight is 427 g/mol. The molecule has 2 aromatic carbocycles. The van der Waals surface area contributed by atoms with E-state index in [1.165, 1.54) is 17.4 Å². The summed E-state index contributed by atoms with van der Waals surface area (Å²) in [5.41, 5.74) is 3.56. The zero-order valence-electron chi connectivity index (χ0n) is 17.3. The van der Waals surface area contributed by atoms with Gasteiger partial charge in [0, 0.05) is 49.9 Å². The lowest BCUT2D eigenvalue weighted by molar-refractivity contribution is 0.0598. The maximum atomic E-state index is 13.2. The minimum atomic E-state index is -3.31. The van der Waals surface area contributed by atoms with Crippen molar-refractivity contribution in [3.63, 3.8) is 0 Å². The summed E-state index contributed by atoms with van der Waals surface area (Å²) in [4.78, 5) is 17.3. The number of hydrogen-bond donors (Lipinski definition) is 0. The van der Waals surface area contributed by atoms with Crippen molar-refractivity contribution in [3.8, 4) is 0 Å². The number of sulfone groups is 1. The quantitative estimate of drug-likeness (QED) is 0.626. The van der Waals surface area contributed by atoms with Crippen molar-refractivity contribution < 1.29 is 17.6 Å². The standard InChI is InChI=1S/C23H26N2O4S/c1-17-7-3-4-8-18(17)15-24-11-13-25(14-12-24)23(26)22-20(16-30(2,27)28)19-9-5-6-10-21(19)29-22/h3-10H,11-16H2,1-2H3. The number of benzene rings is 2. The molecule has 0 atom stereocenters. The second kappa shape index (κ2) is 8.24. The Hall–Kier alpha value is -2.64. The summed E-state index contributed by atoms with van der Waals surface area (Å²) in [7, 11) is -3.31. The van der Waals surface area contributed by atoms with Gasteiger partial charge in [0.1, 0.15) is 5.58 Å². The molecule has 1 amide bonds. The van der Waals surface area contributed by atoms with Crippen LogP contribution in [0.2, 0.25) is 0 Å². The topological polar surface area (TPSA) is 70.8 Å². The van der Waals surface area contributed by atoms with E-state index in [2.05, 4.69) is 24.0 Å². The lowest BCUT2D eigenvalue weighted by Gasteiger charge is -2.34. The van der Waals surface area contributed by atoms with Crippen LogP contribution in [0.1, 0.15) is 27.2 Å². The van der Waals surface area contributed by atoms with Crippen LogP contribution >= 0.6 is 0 Å². The highest BCUT2D eigenvalue weighted by molar-refractivity contribution is 7.89. The third-order valence-corrected chi connectivity index (χ3v) is 6.43. The van der Waals surface area contributed by atoms with Crippen molar-refractivity contribution in [3.05, 3.63) is 71.0 Å². The van der Waals surface area contributed by atoms with E-state index in [0.717, 1.165) is 19.6 Å². The molecule has 0 spiro atoms. The van der Waals surface area contributed by atoms with Crippen LogP contribution in [-0.2, 0) is 22.1 Å². The molecule has 6 nitrogen and oxygen atoms in total. The van der Waals surface area contributed by atoms with Crippen LogP contribution in [-0.4, -0.2) is 56.6 Å². The molecular weight excluding hydrogens is 400 g/mol. The van der Waals surface area contributed by atoms with E-state index in [9.17, 15) is 13.2 Å². The Morgan fingerprint density at radius 3 is 2.37 bits per heavy atom. The third-order valence-electron chi connectivity index (χ3n) is 5.61. The second-order valence-corrected chi connectivity index (χ2v) is 10.1. The van der Waals surface area contributed by atoms with Crippen LogP contribution < -0.4 is 0 Å². The average Bonchev–Trinajstić information content (AvgIpc) is 3.07. The summed E-state index contributed by atoms with van der Waals surface area (Å²) in [6.45, 7) is 5.67. The number of carbonyl (C=O) groups is 1. The predicted molar refractivity (Wildman–Crippen MR) is 117 cm³/mol. The fourth-order valence-corrected chi connectivity index (χ4v) is 4.77. The van der Waals surface area contributed by atoms with Crippen LogP contribution in [0.25, 0.3) is 11.0 Å². The van der Waals surface area contributed by atoms with Crippen molar-refractivity contribution >= 4 is 26.7 Å². The molecule has 0 aliphatic carbocycles. The molecule has 0 bridgehead atoms. The van der Waals surface area contributed by atoms with E-state index in [0.29, 0.717) is 29.6 Å². The molecule has 3 aromatic rings. The number of hydrogen-bond acceptors (Lipinski definition) is 5. The summed E-state index contributed by atoms with van der Waals surface area (Å²) >= 11 is 0. The highest BCUT2D eigenvalue weighted by atomic mass is 32.2. The van der Waals surface area contributed by atoms with E-state index in [-0.39, 0.29) is 17.4 Å². The maximum Gasteiger partial charge on any atom is 0.290 e. The van der Waals surface area contributed by atoms with Gasteiger partial charge < -0.3 is 9.32 Å². The molecule has 1 fully saturated rings. The van der Waals surface area contributed by atoms with Gasteiger partial charge in [-0.25, -0.2) is 8.42 Å². The zero-order chi connectivity index (χ0) is 21.3. The first-order chi connectivity index (χ1) is 14.3. The molecule has 7 heteroatoms. The largest absolute Gasteiger partial charge is 0.451 e. The van der Waals surface area contributed by atoms with E-state index < -0.39 is 9.84 Å². The van der Waals surface area contributed by atoms with Crippen LogP contribution in [0.4, 0.5) is 0 Å². The lowest BCUT2D eigenvalue weighted by atomic mass is 10.1. The van der Waals surface area contributed by atoms with Gasteiger partial charge in [0.05, 0.1) is 5.75 Å². The number of aryl methyl sites for hydroxylation is 1. The van der Waals surface area contributed by atoms with Crippen molar-refractivity contribution in [2.45, 2.75) is 19.2 Å². The fourth-order valence-electron chi connectivity index (χ4n) is 3.96. The Kier molecular flexibility index (Phi) is 5.66. The number of carbonyl (C=O) groups excluding carboxylic acids is 1. The molecule has 1 aliphatic heterocycles. The summed E-state index contributed by atoms with van der Waals surface area (Å²) in [5, 5.41) is 0.685. The minimum Gasteiger partial charge on any atom is -0.451 e. The number of amides is 1. The molecule has 0 radical (unpaired) electrons. The first kappa shape index (κ1) is 20.6. The summed E-state index contributed by atoms with van der Waals surface area (Å²) in [6.07, 6.45) is 1.17. The molecule has 2 heterocycles. The molecule has 1 aromatic heterocycles. The van der Waals surface area contributed by atoms with Gasteiger partial charge in [-0.2, -0.15) is 0 Å². The van der Waals surface area contributed by atoms with Crippen molar-refractivity contribution in [2.24, 2.45) is 0 Å². The third kappa shape index (κ3) is 4.42. The molecule has 1 aliphatic rings. The Bertz CT molecular complexity index is 1170. The summed E-state index contributed by atoms with van der Waals surface area (Å²) in [6, 6.07) is 15.5. The van der Waals surface area contributed by atoms with Gasteiger partial charge in [-0.05, 0) is 24.1 Å². The van der Waals surface area contributed by atoms with E-state index in [4.69, 9.17) is 4.42 Å². The number of fused-ring (bicyclic) bond motifs is 1. The number of piperazine rings is 1. The molecule has 4 rings (SSSR count). The van der Waals surface area contributed by atoms with Gasteiger partial charge in [-0.3, -0.25) is 9.69 Å². The Balaban J connectivity index is 1.51. The van der Waals surface area contributed by atoms with Crippen molar-refractivity contribution in [1.82, 2.24) is 9.80 Å². The van der Waals surface area contributed by atoms with Crippen LogP contribution in [0.5, 0.6) is 0 Å². The van der Waals surface area contributed by atoms with E-state index >= 15 is 0 Å². The van der Waals surface area contributed by atoms with Crippen LogP contribution in [0, 0.1) is 6.92 Å². The number of furan rings is 1. The Morgan fingerprint density at radius 2 is 1.67 bits per heavy atom. The van der Waals surface area contributed by atoms with Gasteiger partial charge in [0.2, 0.25) is 0 Å². The number of nitrogens with zero attached hydrogens (tertiary/aromatic N) is 2. The fraction of sp³-hybridized carbons (Fsp3) is 0.348. The van der Waals surface area contributed by atoms with Gasteiger partial charge >= 0.3 is 0 Å². The van der Waals surface area contributed by atoms with Crippen molar-refractivity contribution in [2.75, 3.05) is 32.4 Å². The SMILES string of the molecule is Cc1ccccc1CN1CCN(C(=O)c2oc3ccccc3c2CS(C)(=O)=O)CC1. The van der Waals surface area contributed by atoms with Gasteiger partial charge in [-0.1, -0.05) is 42.5 Å². The molecule has 158 valence electrons. The molecule has 0 N–H and O–H groups in total. The predicted octanol–water partition coefficient (Wildman–Crippen LogP) is 3.24. The highest BCUT2D eigenvalue weighted by Crippen LogP contribution is 2.29. The molecule has 30 heavy (non-hydrogen) atoms. The number of para-hydroxylation sites is 1. The molecule has 1 saturated heterocycles. The lowest BCUT2D eigenvalue weighted by Crippen LogP contribution is -2.48. The smallest absolute Gasteiger partial charge is 0.290 e. The monoisotopic (exact) mass is 426 g/mol. The second-order valence-electron chi connectivity index (χ2n) is 7.97. The molecule has 0 unspecified atom stereocenters. The Morgan fingerprint density at radius 1 is 1.00 bits per heavy atom. The van der Waals surface area contributed by atoms with Crippen LogP contribution in [0.15, 0.2) is 52.9 Å². The first-order valence-electron chi connectivity index (χ1n) is 10.1. The zero-order valence-corrected chi connectivity index (χ0v) is 18.1. The Labute approximate surface area is 177 Å². The number of rotatable bonds is 5. The molecular formula is C23H26N2O4S. The van der Waals surface area contributed by atoms with E-state index in [1.807, 2.05) is 24.3 Å². The first-order valence-corrected chi connectivity index (χ1v) is 12.1.